The van der Waals surface area contributed by atoms with Gasteiger partial charge in [-0.3, -0.25) is 0 Å². The predicted molar refractivity (Wildman–Crippen MR) is 100 cm³/mol. The molecule has 1 unspecified atom stereocenters. The molecule has 10 heteroatoms. The van der Waals surface area contributed by atoms with E-state index >= 15 is 0 Å². The van der Waals surface area contributed by atoms with E-state index in [0.717, 1.165) is 17.7 Å². The number of benzene rings is 2. The van der Waals surface area contributed by atoms with E-state index in [2.05, 4.69) is 5.16 Å². The van der Waals surface area contributed by atoms with E-state index in [1.54, 1.807) is 13.0 Å². The number of hydrogen-bond donors (Lipinski definition) is 0. The average Bonchev–Trinajstić information content (AvgIpc) is 3.02. The minimum Gasteiger partial charge on any atom is -0.374 e. The van der Waals surface area contributed by atoms with Crippen molar-refractivity contribution in [3.05, 3.63) is 67.2 Å². The fraction of sp³-hybridized carbons (Fsp3) is 0.278. The van der Waals surface area contributed by atoms with Crippen LogP contribution in [0.15, 0.2) is 41.6 Å². The summed E-state index contributed by atoms with van der Waals surface area (Å²) in [5, 5.41) is 3.88. The van der Waals surface area contributed by atoms with Crippen LogP contribution >= 0.6 is 34.2 Å². The smallest absolute Gasteiger partial charge is 0.374 e. The van der Waals surface area contributed by atoms with Crippen LogP contribution in [0.2, 0.25) is 5.02 Å². The minimum atomic E-state index is -5.00. The second kappa shape index (κ2) is 7.08. The lowest BCUT2D eigenvalue weighted by atomic mass is 9.85. The molecule has 2 nitrogen and oxygen atoms in total. The molecule has 28 heavy (non-hydrogen) atoms. The lowest BCUT2D eigenvalue weighted by molar-refractivity contribution is -0.276. The van der Waals surface area contributed by atoms with Crippen LogP contribution in [-0.2, 0) is 16.6 Å². The summed E-state index contributed by atoms with van der Waals surface area (Å²) in [6.07, 6.45) is -10.6. The summed E-state index contributed by atoms with van der Waals surface area (Å²) in [7, 11) is 0. The molecule has 0 spiro atoms. The quantitative estimate of drug-likeness (QED) is 0.306. The number of halogens is 8. The Bertz CT molecular complexity index is 956. The van der Waals surface area contributed by atoms with Crippen LogP contribution in [0.4, 0.5) is 26.3 Å². The zero-order valence-electron chi connectivity index (χ0n) is 14.1. The summed E-state index contributed by atoms with van der Waals surface area (Å²) < 4.78 is 81.3. The Kier molecular flexibility index (Phi) is 5.37. The van der Waals surface area contributed by atoms with Crippen LogP contribution in [0.5, 0.6) is 0 Å². The molecule has 1 aliphatic heterocycles. The number of rotatable bonds is 2. The topological polar surface area (TPSA) is 21.6 Å². The van der Waals surface area contributed by atoms with Gasteiger partial charge in [0, 0.05) is 26.1 Å². The lowest BCUT2D eigenvalue weighted by Gasteiger charge is -2.30. The van der Waals surface area contributed by atoms with Crippen molar-refractivity contribution >= 4 is 39.9 Å². The normalized spacial score (nSPS) is 20.1. The highest BCUT2D eigenvalue weighted by atomic mass is 127. The maximum Gasteiger partial charge on any atom is 0.435 e. The second-order valence-electron chi connectivity index (χ2n) is 6.32. The van der Waals surface area contributed by atoms with Crippen molar-refractivity contribution < 1.29 is 31.2 Å². The molecule has 2 aromatic rings. The Morgan fingerprint density at radius 1 is 1.07 bits per heavy atom. The summed E-state index contributed by atoms with van der Waals surface area (Å²) in [6, 6.07) is 6.83. The molecule has 1 heterocycles. The van der Waals surface area contributed by atoms with Crippen LogP contribution in [0.1, 0.15) is 28.7 Å². The molecule has 3 rings (SSSR count). The first kappa shape index (κ1) is 21.2. The molecule has 0 amide bonds. The first-order chi connectivity index (χ1) is 12.8. The first-order valence-corrected chi connectivity index (χ1v) is 9.26. The fourth-order valence-electron chi connectivity index (χ4n) is 2.82. The first-order valence-electron chi connectivity index (χ1n) is 7.80. The molecule has 150 valence electrons. The highest BCUT2D eigenvalue weighted by Crippen LogP contribution is 2.50. The van der Waals surface area contributed by atoms with E-state index < -0.39 is 35.5 Å². The van der Waals surface area contributed by atoms with Crippen molar-refractivity contribution in [3.63, 3.8) is 0 Å². The van der Waals surface area contributed by atoms with Gasteiger partial charge in [-0.25, -0.2) is 0 Å². The largest absolute Gasteiger partial charge is 0.435 e. The van der Waals surface area contributed by atoms with Crippen LogP contribution in [0, 0.1) is 10.5 Å². The van der Waals surface area contributed by atoms with Gasteiger partial charge in [0.15, 0.2) is 0 Å². The fourth-order valence-corrected chi connectivity index (χ4v) is 3.67. The van der Waals surface area contributed by atoms with Gasteiger partial charge in [-0.15, -0.1) is 0 Å². The molecular weight excluding hydrogens is 523 g/mol. The van der Waals surface area contributed by atoms with E-state index in [-0.39, 0.29) is 9.28 Å². The van der Waals surface area contributed by atoms with Crippen molar-refractivity contribution in [1.82, 2.24) is 0 Å². The molecule has 1 aliphatic rings. The third-order valence-corrected chi connectivity index (χ3v) is 5.41. The number of oxime groups is 1. The van der Waals surface area contributed by atoms with E-state index in [1.807, 2.05) is 0 Å². The standard InChI is InChI=1S/C18H11ClF6INO/c1-9-2-3-10(4-14(9)19)15-8-16(28-27-15,18(23,24)25)11-5-12(17(20,21)22)7-13(26)6-11/h2-7H,8H2,1H3. The summed E-state index contributed by atoms with van der Waals surface area (Å²) in [5.41, 5.74) is -3.87. The highest BCUT2D eigenvalue weighted by molar-refractivity contribution is 14.1. The third kappa shape index (κ3) is 3.83. The number of nitrogens with zero attached hydrogens (tertiary/aromatic N) is 1. The van der Waals surface area contributed by atoms with Crippen LogP contribution in [0.25, 0.3) is 0 Å². The zero-order chi connectivity index (χ0) is 20.9. The van der Waals surface area contributed by atoms with Gasteiger partial charge in [-0.1, -0.05) is 28.9 Å². The monoisotopic (exact) mass is 533 g/mol. The Labute approximate surface area is 174 Å². The Morgan fingerprint density at radius 3 is 2.32 bits per heavy atom. The number of alkyl halides is 6. The molecule has 0 aromatic heterocycles. The lowest BCUT2D eigenvalue weighted by Crippen LogP contribution is -2.43. The molecular formula is C18H11ClF6INO. The molecule has 1 atom stereocenters. The van der Waals surface area contributed by atoms with Gasteiger partial charge in [0.05, 0.1) is 11.3 Å². The van der Waals surface area contributed by atoms with Crippen molar-refractivity contribution in [1.29, 1.82) is 0 Å². The minimum absolute atomic E-state index is 0.00137. The maximum atomic E-state index is 14.0. The van der Waals surface area contributed by atoms with Crippen LogP contribution in [0.3, 0.4) is 0 Å². The Hall–Kier alpha value is -1.49. The molecule has 0 saturated carbocycles. The average molecular weight is 534 g/mol. The molecule has 0 aliphatic carbocycles. The molecule has 0 bridgehead atoms. The summed E-state index contributed by atoms with van der Waals surface area (Å²) >= 11 is 7.56. The van der Waals surface area contributed by atoms with Gasteiger partial charge in [0.1, 0.15) is 0 Å². The van der Waals surface area contributed by atoms with Gasteiger partial charge in [0.2, 0.25) is 0 Å². The third-order valence-electron chi connectivity index (χ3n) is 4.38. The number of aryl methyl sites for hydroxylation is 1. The van der Waals surface area contributed by atoms with Gasteiger partial charge in [-0.2, -0.15) is 26.3 Å². The number of hydrogen-bond acceptors (Lipinski definition) is 2. The van der Waals surface area contributed by atoms with Crippen molar-refractivity contribution in [2.24, 2.45) is 5.16 Å². The Balaban J connectivity index is 2.08. The predicted octanol–water partition coefficient (Wildman–Crippen LogP) is 6.85. The Morgan fingerprint density at radius 2 is 1.75 bits per heavy atom. The summed E-state index contributed by atoms with van der Waals surface area (Å²) in [6.45, 7) is 1.73. The van der Waals surface area contributed by atoms with E-state index in [1.165, 1.54) is 34.7 Å². The van der Waals surface area contributed by atoms with Gasteiger partial charge >= 0.3 is 12.4 Å². The van der Waals surface area contributed by atoms with E-state index in [0.29, 0.717) is 16.7 Å². The second-order valence-corrected chi connectivity index (χ2v) is 7.97. The molecule has 0 radical (unpaired) electrons. The van der Waals surface area contributed by atoms with Crippen LogP contribution in [-0.4, -0.2) is 11.9 Å². The molecule has 2 aromatic carbocycles. The summed E-state index contributed by atoms with van der Waals surface area (Å²) in [4.78, 5) is 4.80. The zero-order valence-corrected chi connectivity index (χ0v) is 17.0. The van der Waals surface area contributed by atoms with Gasteiger partial charge in [0.25, 0.3) is 5.60 Å². The van der Waals surface area contributed by atoms with Crippen molar-refractivity contribution in [2.75, 3.05) is 0 Å². The van der Waals surface area contributed by atoms with Crippen molar-refractivity contribution in [2.45, 2.75) is 31.3 Å². The van der Waals surface area contributed by atoms with E-state index in [4.69, 9.17) is 16.4 Å². The summed E-state index contributed by atoms with van der Waals surface area (Å²) in [5.74, 6) is 0. The van der Waals surface area contributed by atoms with Gasteiger partial charge in [-0.05, 0) is 59.3 Å². The molecule has 0 saturated heterocycles. The van der Waals surface area contributed by atoms with E-state index in [9.17, 15) is 26.3 Å². The van der Waals surface area contributed by atoms with Gasteiger partial charge < -0.3 is 4.84 Å². The molecule has 0 fully saturated rings. The SMILES string of the molecule is Cc1ccc(C2=NOC(c3cc(I)cc(C(F)(F)F)c3)(C(F)(F)F)C2)cc1Cl. The maximum absolute atomic E-state index is 14.0. The highest BCUT2D eigenvalue weighted by Gasteiger charge is 2.62. The van der Waals surface area contributed by atoms with Crippen molar-refractivity contribution in [3.8, 4) is 0 Å². The molecule has 0 N–H and O–H groups in total. The van der Waals surface area contributed by atoms with Crippen LogP contribution < -0.4 is 0 Å².